The van der Waals surface area contributed by atoms with Gasteiger partial charge in [-0.1, -0.05) is 0 Å². The minimum absolute atomic E-state index is 0.00352. The zero-order valence-electron chi connectivity index (χ0n) is 11.1. The molecule has 0 saturated carbocycles. The number of nitrogens with zero attached hydrogens (tertiary/aromatic N) is 1. The van der Waals surface area contributed by atoms with Gasteiger partial charge in [-0.2, -0.15) is 0 Å². The van der Waals surface area contributed by atoms with Gasteiger partial charge in [0, 0.05) is 12.6 Å². The van der Waals surface area contributed by atoms with E-state index in [2.05, 4.69) is 0 Å². The van der Waals surface area contributed by atoms with Crippen LogP contribution in [-0.2, 0) is 29.2 Å². The first-order chi connectivity index (χ1) is 9.31. The van der Waals surface area contributed by atoms with Crippen molar-refractivity contribution in [2.24, 2.45) is 0 Å². The van der Waals surface area contributed by atoms with Crippen molar-refractivity contribution in [3.05, 3.63) is 0 Å². The molecule has 2 saturated heterocycles. The maximum atomic E-state index is 11.4. The molecule has 2 fully saturated rings. The molecule has 0 radical (unpaired) electrons. The Bertz CT molecular complexity index is 555. The third-order valence-electron chi connectivity index (χ3n) is 3.71. The summed E-state index contributed by atoms with van der Waals surface area (Å²) in [4.78, 5) is 12.5. The molecular weight excluding hydrogens is 306 g/mol. The third-order valence-corrected chi connectivity index (χ3v) is 7.19. The molecule has 7 nitrogen and oxygen atoms in total. The Labute approximate surface area is 119 Å². The molecule has 2 heterocycles. The van der Waals surface area contributed by atoms with Gasteiger partial charge in [0.05, 0.1) is 35.7 Å². The number of amides is 1. The molecule has 0 aromatic carbocycles. The zero-order chi connectivity index (χ0) is 14.8. The van der Waals surface area contributed by atoms with Crippen LogP contribution in [0.1, 0.15) is 12.8 Å². The van der Waals surface area contributed by atoms with Crippen LogP contribution in [0.2, 0.25) is 0 Å². The highest BCUT2D eigenvalue weighted by Gasteiger charge is 2.32. The Kier molecular flexibility index (Phi) is 4.70. The lowest BCUT2D eigenvalue weighted by molar-refractivity contribution is -0.120. The molecule has 1 amide bonds. The molecule has 0 unspecified atom stereocenters. The highest BCUT2D eigenvalue weighted by molar-refractivity contribution is 7.91. The molecule has 2 aliphatic heterocycles. The van der Waals surface area contributed by atoms with Crippen molar-refractivity contribution in [1.29, 1.82) is 0 Å². The molecule has 2 atom stereocenters. The average Bonchev–Trinajstić information content (AvgIpc) is 2.87. The Hall–Kier alpha value is -0.670. The fourth-order valence-corrected chi connectivity index (χ4v) is 5.94. The number of hydrogen-bond acceptors (Lipinski definition) is 6. The largest absolute Gasteiger partial charge is 0.375 e. The summed E-state index contributed by atoms with van der Waals surface area (Å²) in [6, 6.07) is -0.284. The van der Waals surface area contributed by atoms with E-state index >= 15 is 0 Å². The van der Waals surface area contributed by atoms with Crippen LogP contribution < -0.4 is 0 Å². The molecule has 0 aromatic rings. The summed E-state index contributed by atoms with van der Waals surface area (Å²) < 4.78 is 50.7. The first-order valence-corrected chi connectivity index (χ1v) is 10.2. The summed E-state index contributed by atoms with van der Waals surface area (Å²) in [6.45, 7) is 0.524. The van der Waals surface area contributed by atoms with E-state index in [0.717, 1.165) is 0 Å². The van der Waals surface area contributed by atoms with E-state index in [1.54, 1.807) is 0 Å². The van der Waals surface area contributed by atoms with Crippen molar-refractivity contribution in [2.45, 2.75) is 25.0 Å². The monoisotopic (exact) mass is 325 g/mol. The van der Waals surface area contributed by atoms with Gasteiger partial charge in [0.25, 0.3) is 0 Å². The van der Waals surface area contributed by atoms with Crippen LogP contribution in [0, 0.1) is 0 Å². The van der Waals surface area contributed by atoms with Crippen LogP contribution in [0.3, 0.4) is 0 Å². The van der Waals surface area contributed by atoms with Gasteiger partial charge in [0.15, 0.2) is 19.7 Å². The van der Waals surface area contributed by atoms with Crippen LogP contribution in [0.15, 0.2) is 0 Å². The van der Waals surface area contributed by atoms with Crippen molar-refractivity contribution < 1.29 is 26.4 Å². The van der Waals surface area contributed by atoms with E-state index in [0.29, 0.717) is 25.8 Å². The van der Waals surface area contributed by atoms with Gasteiger partial charge in [-0.15, -0.1) is 0 Å². The Balaban J connectivity index is 1.76. The highest BCUT2D eigenvalue weighted by Crippen LogP contribution is 2.17. The lowest BCUT2D eigenvalue weighted by Gasteiger charge is -2.24. The van der Waals surface area contributed by atoms with Crippen LogP contribution in [0.25, 0.3) is 0 Å². The molecule has 2 rings (SSSR count). The fourth-order valence-electron chi connectivity index (χ4n) is 2.58. The predicted molar refractivity (Wildman–Crippen MR) is 72.8 cm³/mol. The Morgan fingerprint density at radius 3 is 2.20 bits per heavy atom. The number of carbonyl (C=O) groups excluding carboxylic acids is 1. The smallest absolute Gasteiger partial charge is 0.210 e. The van der Waals surface area contributed by atoms with Crippen molar-refractivity contribution >= 4 is 26.1 Å². The molecule has 0 spiro atoms. The molecule has 0 aliphatic carbocycles. The maximum Gasteiger partial charge on any atom is 0.210 e. The topological polar surface area (TPSA) is 97.8 Å². The van der Waals surface area contributed by atoms with Gasteiger partial charge in [-0.05, 0) is 12.8 Å². The summed E-state index contributed by atoms with van der Waals surface area (Å²) in [5.74, 6) is 0.301. The summed E-state index contributed by atoms with van der Waals surface area (Å²) in [5, 5.41) is 0. The molecule has 116 valence electrons. The van der Waals surface area contributed by atoms with Crippen LogP contribution in [0.4, 0.5) is 0 Å². The summed E-state index contributed by atoms with van der Waals surface area (Å²) in [7, 11) is -6.00. The molecule has 9 heteroatoms. The summed E-state index contributed by atoms with van der Waals surface area (Å²) in [5.41, 5.74) is 0. The average molecular weight is 325 g/mol. The summed E-state index contributed by atoms with van der Waals surface area (Å²) >= 11 is 0. The fraction of sp³-hybridized carbons (Fsp3) is 0.909. The number of carbonyl (C=O) groups is 1. The molecule has 0 bridgehead atoms. The van der Waals surface area contributed by atoms with E-state index in [4.69, 9.17) is 4.74 Å². The quantitative estimate of drug-likeness (QED) is 0.571. The third kappa shape index (κ3) is 4.16. The van der Waals surface area contributed by atoms with Gasteiger partial charge in [-0.25, -0.2) is 16.8 Å². The van der Waals surface area contributed by atoms with E-state index in [-0.39, 0.29) is 41.8 Å². The van der Waals surface area contributed by atoms with Crippen LogP contribution >= 0.6 is 0 Å². The second-order valence-electron chi connectivity index (χ2n) is 5.30. The molecule has 0 aromatic heterocycles. The van der Waals surface area contributed by atoms with Gasteiger partial charge in [-0.3, -0.25) is 4.79 Å². The Morgan fingerprint density at radius 1 is 1.05 bits per heavy atom. The molecular formula is C11H19NO6S2. The van der Waals surface area contributed by atoms with Gasteiger partial charge in [0.1, 0.15) is 0 Å². The predicted octanol–water partition coefficient (Wildman–Crippen LogP) is -1.16. The standard InChI is InChI=1S/C11H19NO6S2/c13-9-12(10-1-5-19(14,15)7-10)3-4-18-11-2-6-20(16,17)8-11/h9-11H,1-8H2/t10-,11-/m0/s1. The first-order valence-electron chi connectivity index (χ1n) is 6.55. The van der Waals surface area contributed by atoms with Crippen molar-refractivity contribution in [1.82, 2.24) is 4.90 Å². The van der Waals surface area contributed by atoms with E-state index in [1.807, 2.05) is 0 Å². The minimum Gasteiger partial charge on any atom is -0.375 e. The van der Waals surface area contributed by atoms with Crippen molar-refractivity contribution in [3.63, 3.8) is 0 Å². The molecule has 2 aliphatic rings. The second kappa shape index (κ2) is 5.98. The lowest BCUT2D eigenvalue weighted by atomic mass is 10.2. The van der Waals surface area contributed by atoms with Gasteiger partial charge in [0.2, 0.25) is 6.41 Å². The first kappa shape index (κ1) is 15.7. The van der Waals surface area contributed by atoms with Crippen LogP contribution in [0.5, 0.6) is 0 Å². The molecule has 0 N–H and O–H groups in total. The van der Waals surface area contributed by atoms with Gasteiger partial charge < -0.3 is 9.64 Å². The minimum atomic E-state index is -3.03. The van der Waals surface area contributed by atoms with Crippen molar-refractivity contribution in [3.8, 4) is 0 Å². The van der Waals surface area contributed by atoms with Gasteiger partial charge >= 0.3 is 0 Å². The number of rotatable bonds is 6. The zero-order valence-corrected chi connectivity index (χ0v) is 12.7. The number of ether oxygens (including phenoxy) is 1. The number of sulfone groups is 2. The van der Waals surface area contributed by atoms with Crippen LogP contribution in [-0.4, -0.2) is 76.5 Å². The SMILES string of the molecule is O=CN(CCO[C@H]1CCS(=O)(=O)C1)[C@H]1CCS(=O)(=O)C1. The highest BCUT2D eigenvalue weighted by atomic mass is 32.2. The van der Waals surface area contributed by atoms with Crippen molar-refractivity contribution in [2.75, 3.05) is 36.2 Å². The second-order valence-corrected chi connectivity index (χ2v) is 9.75. The summed E-state index contributed by atoms with van der Waals surface area (Å²) in [6.07, 6.45) is 1.28. The normalized spacial score (nSPS) is 31.2. The lowest BCUT2D eigenvalue weighted by Crippen LogP contribution is -2.38. The number of hydrogen-bond donors (Lipinski definition) is 0. The van der Waals surface area contributed by atoms with E-state index in [1.165, 1.54) is 4.90 Å². The maximum absolute atomic E-state index is 11.4. The van der Waals surface area contributed by atoms with E-state index in [9.17, 15) is 21.6 Å². The Morgan fingerprint density at radius 2 is 1.70 bits per heavy atom. The van der Waals surface area contributed by atoms with E-state index < -0.39 is 19.7 Å². The molecule has 20 heavy (non-hydrogen) atoms.